The van der Waals surface area contributed by atoms with E-state index in [0.717, 1.165) is 23.6 Å². The number of benzene rings is 2. The number of esters is 1. The van der Waals surface area contributed by atoms with Crippen molar-refractivity contribution in [1.29, 1.82) is 0 Å². The van der Waals surface area contributed by atoms with Crippen molar-refractivity contribution in [2.45, 2.75) is 57.9 Å². The van der Waals surface area contributed by atoms with Gasteiger partial charge in [-0.05, 0) is 29.3 Å². The summed E-state index contributed by atoms with van der Waals surface area (Å²) >= 11 is 0. The predicted molar refractivity (Wildman–Crippen MR) is 105 cm³/mol. The molecule has 1 N–H and O–H groups in total. The van der Waals surface area contributed by atoms with Gasteiger partial charge in [0.1, 0.15) is 6.04 Å². The Labute approximate surface area is 155 Å². The van der Waals surface area contributed by atoms with Crippen molar-refractivity contribution in [2.24, 2.45) is 0 Å². The first kappa shape index (κ1) is 20.0. The molecule has 0 saturated heterocycles. The largest absolute Gasteiger partial charge is 0.467 e. The molecule has 0 aromatic heterocycles. The van der Waals surface area contributed by atoms with Crippen LogP contribution in [0.4, 0.5) is 0 Å². The molecule has 0 spiro atoms. The van der Waals surface area contributed by atoms with Crippen molar-refractivity contribution in [3.63, 3.8) is 0 Å². The Hall–Kier alpha value is -2.36. The number of unbranched alkanes of at least 4 members (excludes halogenated alkanes) is 5. The smallest absolute Gasteiger partial charge is 0.328 e. The molecule has 0 bridgehead atoms. The summed E-state index contributed by atoms with van der Waals surface area (Å²) < 4.78 is 4.86. The fourth-order valence-electron chi connectivity index (χ4n) is 3.09. The predicted octanol–water partition coefficient (Wildman–Crippen LogP) is 4.86. The first-order valence-corrected chi connectivity index (χ1v) is 9.53. The minimum atomic E-state index is -0.592. The number of methoxy groups -OCH3 is 1. The van der Waals surface area contributed by atoms with Gasteiger partial charge in [0, 0.05) is 5.56 Å². The second-order valence-electron chi connectivity index (χ2n) is 6.67. The maximum atomic E-state index is 12.6. The van der Waals surface area contributed by atoms with Gasteiger partial charge in [0.15, 0.2) is 0 Å². The lowest BCUT2D eigenvalue weighted by atomic mass is 10.0. The van der Waals surface area contributed by atoms with E-state index in [1.165, 1.54) is 32.8 Å². The van der Waals surface area contributed by atoms with Gasteiger partial charge in [0.2, 0.25) is 0 Å². The second kappa shape index (κ2) is 10.6. The molecule has 0 aliphatic rings. The monoisotopic (exact) mass is 355 g/mol. The van der Waals surface area contributed by atoms with E-state index in [1.54, 1.807) is 6.07 Å². The maximum Gasteiger partial charge on any atom is 0.328 e. The first-order chi connectivity index (χ1) is 12.7. The highest BCUT2D eigenvalue weighted by molar-refractivity contribution is 6.00. The van der Waals surface area contributed by atoms with Crippen LogP contribution in [0, 0.1) is 0 Å². The second-order valence-corrected chi connectivity index (χ2v) is 6.67. The lowest BCUT2D eigenvalue weighted by Crippen LogP contribution is -2.41. The Morgan fingerprint density at radius 2 is 1.65 bits per heavy atom. The Bertz CT molecular complexity index is 726. The van der Waals surface area contributed by atoms with Crippen LogP contribution in [0.5, 0.6) is 0 Å². The summed E-state index contributed by atoms with van der Waals surface area (Å²) in [6.45, 7) is 2.19. The molecule has 0 fully saturated rings. The summed E-state index contributed by atoms with van der Waals surface area (Å²) in [7, 11) is 1.36. The van der Waals surface area contributed by atoms with Crippen LogP contribution in [-0.2, 0) is 9.53 Å². The number of carbonyl (C=O) groups excluding carboxylic acids is 2. The average Bonchev–Trinajstić information content (AvgIpc) is 2.68. The zero-order valence-corrected chi connectivity index (χ0v) is 15.8. The van der Waals surface area contributed by atoms with Crippen LogP contribution in [0.3, 0.4) is 0 Å². The molecule has 2 aromatic carbocycles. The first-order valence-electron chi connectivity index (χ1n) is 9.53. The van der Waals surface area contributed by atoms with Crippen LogP contribution < -0.4 is 5.32 Å². The number of nitrogens with one attached hydrogen (secondary N) is 1. The number of amides is 1. The van der Waals surface area contributed by atoms with E-state index in [-0.39, 0.29) is 11.9 Å². The number of hydrogen-bond acceptors (Lipinski definition) is 3. The summed E-state index contributed by atoms with van der Waals surface area (Å²) in [4.78, 5) is 24.6. The summed E-state index contributed by atoms with van der Waals surface area (Å²) in [6.07, 6.45) is 7.44. The van der Waals surface area contributed by atoms with Crippen LogP contribution in [-0.4, -0.2) is 25.0 Å². The van der Waals surface area contributed by atoms with E-state index in [2.05, 4.69) is 12.2 Å². The third kappa shape index (κ3) is 5.87. The molecular formula is C22H29NO3. The fraction of sp³-hybridized carbons (Fsp3) is 0.455. The van der Waals surface area contributed by atoms with Gasteiger partial charge in [-0.1, -0.05) is 75.8 Å². The average molecular weight is 355 g/mol. The zero-order valence-electron chi connectivity index (χ0n) is 15.8. The molecule has 0 radical (unpaired) electrons. The van der Waals surface area contributed by atoms with Crippen LogP contribution in [0.1, 0.15) is 62.2 Å². The van der Waals surface area contributed by atoms with Crippen LogP contribution >= 0.6 is 0 Å². The van der Waals surface area contributed by atoms with E-state index >= 15 is 0 Å². The summed E-state index contributed by atoms with van der Waals surface area (Å²) in [5, 5.41) is 4.93. The van der Waals surface area contributed by atoms with Crippen molar-refractivity contribution < 1.29 is 14.3 Å². The van der Waals surface area contributed by atoms with Gasteiger partial charge in [0.05, 0.1) is 7.11 Å². The Morgan fingerprint density at radius 1 is 0.962 bits per heavy atom. The quantitative estimate of drug-likeness (QED) is 0.489. The minimum absolute atomic E-state index is 0.239. The van der Waals surface area contributed by atoms with Crippen LogP contribution in [0.2, 0.25) is 0 Å². The van der Waals surface area contributed by atoms with E-state index in [4.69, 9.17) is 4.74 Å². The molecule has 0 heterocycles. The van der Waals surface area contributed by atoms with Crippen molar-refractivity contribution in [1.82, 2.24) is 5.32 Å². The van der Waals surface area contributed by atoms with E-state index in [1.807, 2.05) is 36.4 Å². The lowest BCUT2D eigenvalue weighted by Gasteiger charge is -2.16. The lowest BCUT2D eigenvalue weighted by molar-refractivity contribution is -0.143. The highest BCUT2D eigenvalue weighted by Gasteiger charge is 2.21. The molecular weight excluding hydrogens is 326 g/mol. The van der Waals surface area contributed by atoms with Gasteiger partial charge in [-0.25, -0.2) is 4.79 Å². The molecule has 0 unspecified atom stereocenters. The summed E-state index contributed by atoms with van der Waals surface area (Å²) in [5.74, 6) is -0.621. The topological polar surface area (TPSA) is 55.4 Å². The Balaban J connectivity index is 1.95. The zero-order chi connectivity index (χ0) is 18.8. The molecule has 140 valence electrons. The SMILES string of the molecule is CCCCCCCC[C@H](NC(=O)c1ccc2ccccc2c1)C(=O)OC. The molecule has 0 aliphatic heterocycles. The van der Waals surface area contributed by atoms with Crippen molar-refractivity contribution in [2.75, 3.05) is 7.11 Å². The van der Waals surface area contributed by atoms with Crippen LogP contribution in [0.15, 0.2) is 42.5 Å². The highest BCUT2D eigenvalue weighted by atomic mass is 16.5. The third-order valence-corrected chi connectivity index (χ3v) is 4.65. The number of carbonyl (C=O) groups is 2. The Morgan fingerprint density at radius 3 is 2.38 bits per heavy atom. The number of rotatable bonds is 10. The normalized spacial score (nSPS) is 11.9. The van der Waals surface area contributed by atoms with E-state index < -0.39 is 6.04 Å². The van der Waals surface area contributed by atoms with Gasteiger partial charge >= 0.3 is 5.97 Å². The molecule has 4 heteroatoms. The van der Waals surface area contributed by atoms with Crippen molar-refractivity contribution >= 4 is 22.6 Å². The molecule has 0 aliphatic carbocycles. The highest BCUT2D eigenvalue weighted by Crippen LogP contribution is 2.16. The Kier molecular flexibility index (Phi) is 8.13. The molecule has 4 nitrogen and oxygen atoms in total. The van der Waals surface area contributed by atoms with Gasteiger partial charge < -0.3 is 10.1 Å². The molecule has 1 amide bonds. The van der Waals surface area contributed by atoms with Gasteiger partial charge in [-0.2, -0.15) is 0 Å². The van der Waals surface area contributed by atoms with E-state index in [0.29, 0.717) is 12.0 Å². The fourth-order valence-corrected chi connectivity index (χ4v) is 3.09. The third-order valence-electron chi connectivity index (χ3n) is 4.65. The van der Waals surface area contributed by atoms with Gasteiger partial charge in [0.25, 0.3) is 5.91 Å². The number of ether oxygens (including phenoxy) is 1. The van der Waals surface area contributed by atoms with Gasteiger partial charge in [-0.15, -0.1) is 0 Å². The van der Waals surface area contributed by atoms with Gasteiger partial charge in [-0.3, -0.25) is 4.79 Å². The molecule has 2 rings (SSSR count). The maximum absolute atomic E-state index is 12.6. The van der Waals surface area contributed by atoms with E-state index in [9.17, 15) is 9.59 Å². The standard InChI is InChI=1S/C22H29NO3/c1-3-4-5-6-7-8-13-20(22(25)26-2)23-21(24)19-15-14-17-11-9-10-12-18(17)16-19/h9-12,14-16,20H,3-8,13H2,1-2H3,(H,23,24)/t20-/m0/s1. The van der Waals surface area contributed by atoms with Crippen molar-refractivity contribution in [3.05, 3.63) is 48.0 Å². The summed E-state index contributed by atoms with van der Waals surface area (Å²) in [5.41, 5.74) is 0.556. The number of hydrogen-bond donors (Lipinski definition) is 1. The molecule has 0 saturated carbocycles. The summed E-state index contributed by atoms with van der Waals surface area (Å²) in [6, 6.07) is 12.9. The number of fused-ring (bicyclic) bond motifs is 1. The molecule has 26 heavy (non-hydrogen) atoms. The van der Waals surface area contributed by atoms with Crippen molar-refractivity contribution in [3.8, 4) is 0 Å². The molecule has 1 atom stereocenters. The molecule has 2 aromatic rings. The van der Waals surface area contributed by atoms with Crippen LogP contribution in [0.25, 0.3) is 10.8 Å². The minimum Gasteiger partial charge on any atom is -0.467 e.